The second-order valence-electron chi connectivity index (χ2n) is 4.77. The monoisotopic (exact) mass is 293 g/mol. The van der Waals surface area contributed by atoms with Gasteiger partial charge in [0, 0.05) is 12.8 Å². The van der Waals surface area contributed by atoms with Gasteiger partial charge in [-0.2, -0.15) is 0 Å². The van der Waals surface area contributed by atoms with E-state index in [4.69, 9.17) is 4.74 Å². The van der Waals surface area contributed by atoms with Crippen LogP contribution < -0.4 is 4.74 Å². The lowest BCUT2D eigenvalue weighted by molar-refractivity contribution is 0.126. The Morgan fingerprint density at radius 1 is 1.40 bits per heavy atom. The number of nitrogens with zero attached hydrogens (tertiary/aromatic N) is 3. The van der Waals surface area contributed by atoms with Gasteiger partial charge in [0.05, 0.1) is 6.10 Å². The van der Waals surface area contributed by atoms with E-state index < -0.39 is 6.10 Å². The quantitative estimate of drug-likeness (QED) is 0.825. The van der Waals surface area contributed by atoms with E-state index >= 15 is 0 Å². The zero-order chi connectivity index (χ0) is 14.5. The summed E-state index contributed by atoms with van der Waals surface area (Å²) in [6.45, 7) is 4.32. The molecule has 20 heavy (non-hydrogen) atoms. The van der Waals surface area contributed by atoms with Gasteiger partial charge in [-0.3, -0.25) is 0 Å². The zero-order valence-corrected chi connectivity index (χ0v) is 12.7. The van der Waals surface area contributed by atoms with Crippen LogP contribution in [0.1, 0.15) is 11.1 Å². The first-order valence-corrected chi connectivity index (χ1v) is 7.39. The van der Waals surface area contributed by atoms with Crippen LogP contribution in [0.5, 0.6) is 5.75 Å². The molecule has 1 atom stereocenters. The minimum atomic E-state index is -0.544. The first-order chi connectivity index (χ1) is 9.56. The topological polar surface area (TPSA) is 60.2 Å². The highest BCUT2D eigenvalue weighted by molar-refractivity contribution is 7.99. The molecule has 0 aliphatic carbocycles. The molecule has 0 saturated carbocycles. The molecule has 0 aliphatic rings. The summed E-state index contributed by atoms with van der Waals surface area (Å²) in [4.78, 5) is 0. The van der Waals surface area contributed by atoms with Crippen LogP contribution in [0.2, 0.25) is 0 Å². The van der Waals surface area contributed by atoms with Gasteiger partial charge in [0.15, 0.2) is 5.16 Å². The lowest BCUT2D eigenvalue weighted by atomic mass is 10.1. The molecule has 0 spiro atoms. The third kappa shape index (κ3) is 3.98. The van der Waals surface area contributed by atoms with E-state index in [0.717, 1.165) is 16.5 Å². The van der Waals surface area contributed by atoms with Crippen molar-refractivity contribution < 1.29 is 9.84 Å². The fraction of sp³-hybridized carbons (Fsp3) is 0.429. The molecular formula is C14H19N3O2S. The Morgan fingerprint density at radius 2 is 2.20 bits per heavy atom. The van der Waals surface area contributed by atoms with Crippen LogP contribution in [0.4, 0.5) is 0 Å². The van der Waals surface area contributed by atoms with Gasteiger partial charge >= 0.3 is 0 Å². The molecule has 0 amide bonds. The lowest BCUT2D eigenvalue weighted by Crippen LogP contribution is -2.20. The molecule has 2 aromatic rings. The number of hydrogen-bond acceptors (Lipinski definition) is 5. The molecule has 0 unspecified atom stereocenters. The number of aliphatic hydroxyl groups is 1. The van der Waals surface area contributed by atoms with Crippen molar-refractivity contribution in [3.63, 3.8) is 0 Å². The van der Waals surface area contributed by atoms with E-state index in [9.17, 15) is 5.11 Å². The zero-order valence-electron chi connectivity index (χ0n) is 11.9. The molecule has 5 nitrogen and oxygen atoms in total. The van der Waals surface area contributed by atoms with Crippen molar-refractivity contribution in [2.75, 3.05) is 12.4 Å². The summed E-state index contributed by atoms with van der Waals surface area (Å²) in [6, 6.07) is 6.01. The summed E-state index contributed by atoms with van der Waals surface area (Å²) < 4.78 is 7.47. The van der Waals surface area contributed by atoms with E-state index in [2.05, 4.69) is 16.3 Å². The lowest BCUT2D eigenvalue weighted by Gasteiger charge is -2.13. The predicted molar refractivity (Wildman–Crippen MR) is 79.1 cm³/mol. The van der Waals surface area contributed by atoms with Crippen molar-refractivity contribution >= 4 is 11.8 Å². The Hall–Kier alpha value is -1.53. The fourth-order valence-electron chi connectivity index (χ4n) is 1.77. The van der Waals surface area contributed by atoms with Crippen LogP contribution in [0.25, 0.3) is 0 Å². The highest BCUT2D eigenvalue weighted by Crippen LogP contribution is 2.20. The first kappa shape index (κ1) is 14.9. The van der Waals surface area contributed by atoms with Crippen LogP contribution in [0, 0.1) is 13.8 Å². The molecule has 0 fully saturated rings. The van der Waals surface area contributed by atoms with Crippen molar-refractivity contribution in [1.82, 2.24) is 14.8 Å². The van der Waals surface area contributed by atoms with Crippen LogP contribution in [-0.2, 0) is 7.05 Å². The first-order valence-electron chi connectivity index (χ1n) is 6.41. The molecule has 1 N–H and O–H groups in total. The van der Waals surface area contributed by atoms with Gasteiger partial charge in [-0.1, -0.05) is 29.5 Å². The number of aliphatic hydroxyl groups excluding tert-OH is 1. The summed E-state index contributed by atoms with van der Waals surface area (Å²) in [7, 11) is 1.88. The van der Waals surface area contributed by atoms with Gasteiger partial charge in [-0.05, 0) is 25.5 Å². The molecular weight excluding hydrogens is 274 g/mol. The second-order valence-corrected chi connectivity index (χ2v) is 5.76. The molecule has 0 saturated heterocycles. The Balaban J connectivity index is 1.80. The number of benzene rings is 1. The Bertz CT molecular complexity index is 571. The molecule has 1 aromatic carbocycles. The van der Waals surface area contributed by atoms with Crippen LogP contribution in [0.3, 0.4) is 0 Å². The molecule has 0 radical (unpaired) electrons. The molecule has 0 bridgehead atoms. The maximum Gasteiger partial charge on any atom is 0.190 e. The molecule has 6 heteroatoms. The molecule has 2 rings (SSSR count). The minimum Gasteiger partial charge on any atom is -0.491 e. The summed E-state index contributed by atoms with van der Waals surface area (Å²) in [6.07, 6.45) is 1.10. The van der Waals surface area contributed by atoms with Gasteiger partial charge in [0.2, 0.25) is 0 Å². The van der Waals surface area contributed by atoms with Crippen molar-refractivity contribution in [3.05, 3.63) is 35.7 Å². The highest BCUT2D eigenvalue weighted by Gasteiger charge is 2.10. The number of hydrogen-bond donors (Lipinski definition) is 1. The van der Waals surface area contributed by atoms with E-state index in [-0.39, 0.29) is 6.61 Å². The smallest absolute Gasteiger partial charge is 0.190 e. The van der Waals surface area contributed by atoms with Crippen LogP contribution >= 0.6 is 11.8 Å². The third-order valence-corrected chi connectivity index (χ3v) is 4.02. The number of thioether (sulfide) groups is 1. The summed E-state index contributed by atoms with van der Waals surface area (Å²) in [5.74, 6) is 1.34. The van der Waals surface area contributed by atoms with Crippen molar-refractivity contribution in [2.24, 2.45) is 7.05 Å². The van der Waals surface area contributed by atoms with Crippen molar-refractivity contribution in [2.45, 2.75) is 25.1 Å². The SMILES string of the molecule is Cc1ccc(OC[C@@H](O)CSc2nncn2C)c(C)c1. The average molecular weight is 293 g/mol. The molecule has 1 aromatic heterocycles. The Kier molecular flexibility index (Phi) is 5.03. The summed E-state index contributed by atoms with van der Waals surface area (Å²) in [5, 5.41) is 18.5. The van der Waals surface area contributed by atoms with Crippen LogP contribution in [-0.4, -0.2) is 38.3 Å². The standard InChI is InChI=1S/C14H19N3O2S/c1-10-4-5-13(11(2)6-10)19-7-12(18)8-20-14-16-15-9-17(14)3/h4-6,9,12,18H,7-8H2,1-3H3/t12-/m1/s1. The second kappa shape index (κ2) is 6.76. The molecule has 0 aliphatic heterocycles. The average Bonchev–Trinajstić information content (AvgIpc) is 2.81. The van der Waals surface area contributed by atoms with Crippen molar-refractivity contribution in [3.8, 4) is 5.75 Å². The minimum absolute atomic E-state index is 0.273. The molecule has 108 valence electrons. The number of rotatable bonds is 6. The van der Waals surface area contributed by atoms with Crippen molar-refractivity contribution in [1.29, 1.82) is 0 Å². The van der Waals surface area contributed by atoms with Gasteiger partial charge in [0.1, 0.15) is 18.7 Å². The third-order valence-electron chi connectivity index (χ3n) is 2.84. The van der Waals surface area contributed by atoms with Crippen LogP contribution in [0.15, 0.2) is 29.7 Å². The fourth-order valence-corrected chi connectivity index (χ4v) is 2.56. The van der Waals surface area contributed by atoms with E-state index in [1.54, 1.807) is 6.33 Å². The summed E-state index contributed by atoms with van der Waals surface area (Å²) in [5.41, 5.74) is 2.28. The van der Waals surface area contributed by atoms with E-state index in [1.165, 1.54) is 17.3 Å². The van der Waals surface area contributed by atoms with Gasteiger partial charge in [-0.15, -0.1) is 10.2 Å². The van der Waals surface area contributed by atoms with Gasteiger partial charge < -0.3 is 14.4 Å². The van der Waals surface area contributed by atoms with Gasteiger partial charge in [-0.25, -0.2) is 0 Å². The maximum atomic E-state index is 9.94. The highest BCUT2D eigenvalue weighted by atomic mass is 32.2. The van der Waals surface area contributed by atoms with E-state index in [1.807, 2.05) is 37.6 Å². The number of aromatic nitrogens is 3. The van der Waals surface area contributed by atoms with Gasteiger partial charge in [0.25, 0.3) is 0 Å². The number of aryl methyl sites for hydroxylation is 3. The Morgan fingerprint density at radius 3 is 2.85 bits per heavy atom. The largest absolute Gasteiger partial charge is 0.491 e. The molecule has 1 heterocycles. The Labute approximate surface area is 123 Å². The summed E-state index contributed by atoms with van der Waals surface area (Å²) >= 11 is 1.46. The van der Waals surface area contributed by atoms with E-state index in [0.29, 0.717) is 5.75 Å². The number of ether oxygens (including phenoxy) is 1. The predicted octanol–water partition coefficient (Wildman–Crippen LogP) is 1.96. The normalized spacial score (nSPS) is 12.4. The maximum absolute atomic E-state index is 9.94.